The number of carbonyl (C=O) groups excluding carboxylic acids is 4. The average Bonchev–Trinajstić information content (AvgIpc) is 3.59. The van der Waals surface area contributed by atoms with Crippen molar-refractivity contribution in [3.8, 4) is 0 Å². The van der Waals surface area contributed by atoms with E-state index in [0.29, 0.717) is 38.5 Å². The van der Waals surface area contributed by atoms with Gasteiger partial charge < -0.3 is 27.8 Å². The maximum atomic E-state index is 15.3. The van der Waals surface area contributed by atoms with E-state index in [1.165, 1.54) is 7.11 Å². The summed E-state index contributed by atoms with van der Waals surface area (Å²) in [6.45, 7) is 15.8. The maximum Gasteiger partial charge on any atom is 0.519 e. The SMILES string of the molecule is CO[C@@H](C)C(=O)O[C@H]1CC[C@@]2(C)[C@@H](CC[C@]3(C)[C@@H]2C(=O)C=C2[C@@H]4C[C@@](C)(C(=O)OC(c5ccccc5)c5ccccc5)CC[C@]4(C)CC[C@]23C)[C@]1(C)C(=O)OCc1oc(=O)oc1C. The molecule has 4 fully saturated rings. The monoisotopic (exact) mass is 864 g/mol. The molecule has 0 N–H and O–H groups in total. The Bertz CT molecular complexity index is 2310. The molecule has 8 rings (SSSR count). The Hall–Kier alpha value is -4.77. The third kappa shape index (κ3) is 7.15. The van der Waals surface area contributed by atoms with Crippen molar-refractivity contribution in [3.05, 3.63) is 106 Å². The van der Waals surface area contributed by atoms with Gasteiger partial charge in [0.15, 0.2) is 36.1 Å². The molecule has 1 aromatic heterocycles. The number of rotatable bonds is 10. The Kier molecular flexibility index (Phi) is 11.4. The van der Waals surface area contributed by atoms with E-state index in [0.717, 1.165) is 36.0 Å². The molecule has 63 heavy (non-hydrogen) atoms. The molecule has 5 aliphatic rings. The second-order valence-electron chi connectivity index (χ2n) is 21.0. The Morgan fingerprint density at radius 1 is 0.794 bits per heavy atom. The van der Waals surface area contributed by atoms with Crippen LogP contribution in [0.15, 0.2) is 85.9 Å². The van der Waals surface area contributed by atoms with Gasteiger partial charge in [-0.05, 0) is 136 Å². The van der Waals surface area contributed by atoms with E-state index in [1.54, 1.807) is 20.8 Å². The van der Waals surface area contributed by atoms with Crippen LogP contribution in [0.3, 0.4) is 0 Å². The minimum absolute atomic E-state index is 0.00806. The van der Waals surface area contributed by atoms with Crippen molar-refractivity contribution in [2.75, 3.05) is 7.11 Å². The van der Waals surface area contributed by atoms with Crippen LogP contribution < -0.4 is 5.82 Å². The topological polar surface area (TPSA) is 149 Å². The molecule has 0 bridgehead atoms. The van der Waals surface area contributed by atoms with Gasteiger partial charge in [-0.15, -0.1) is 0 Å². The molecule has 338 valence electrons. The number of esters is 3. The highest BCUT2D eigenvalue weighted by molar-refractivity contribution is 5.96. The van der Waals surface area contributed by atoms with Gasteiger partial charge in [0.1, 0.15) is 11.5 Å². The third-order valence-electron chi connectivity index (χ3n) is 17.7. The predicted octanol–water partition coefficient (Wildman–Crippen LogP) is 9.82. The zero-order valence-electron chi connectivity index (χ0n) is 38.4. The third-order valence-corrected chi connectivity index (χ3v) is 17.7. The average molecular weight is 865 g/mol. The lowest BCUT2D eigenvalue weighted by atomic mass is 9.33. The Balaban J connectivity index is 1.12. The first kappa shape index (κ1) is 44.8. The van der Waals surface area contributed by atoms with Crippen LogP contribution >= 0.6 is 0 Å². The smallest absolute Gasteiger partial charge is 0.459 e. The van der Waals surface area contributed by atoms with E-state index in [1.807, 2.05) is 66.7 Å². The van der Waals surface area contributed by atoms with Gasteiger partial charge in [-0.1, -0.05) is 93.9 Å². The van der Waals surface area contributed by atoms with Gasteiger partial charge in [-0.25, -0.2) is 9.59 Å². The minimum atomic E-state index is -1.35. The summed E-state index contributed by atoms with van der Waals surface area (Å²) in [5, 5.41) is 0. The lowest BCUT2D eigenvalue weighted by molar-refractivity contribution is -0.226. The number of benzene rings is 2. The quantitative estimate of drug-likeness (QED) is 0.142. The van der Waals surface area contributed by atoms with Gasteiger partial charge in [0, 0.05) is 13.0 Å². The first-order chi connectivity index (χ1) is 29.7. The number of methoxy groups -OCH3 is 1. The minimum Gasteiger partial charge on any atom is -0.459 e. The highest BCUT2D eigenvalue weighted by atomic mass is 16.6. The van der Waals surface area contributed by atoms with Crippen molar-refractivity contribution in [2.24, 2.45) is 50.2 Å². The summed E-state index contributed by atoms with van der Waals surface area (Å²) in [6.07, 6.45) is 5.82. The largest absolute Gasteiger partial charge is 0.519 e. The van der Waals surface area contributed by atoms with Crippen molar-refractivity contribution < 1.29 is 47.0 Å². The van der Waals surface area contributed by atoms with E-state index >= 15 is 4.79 Å². The molecule has 3 aromatic rings. The van der Waals surface area contributed by atoms with E-state index in [2.05, 4.69) is 34.6 Å². The standard InChI is InChI=1S/C52H64O11/c1-31-38(61-46(57)60-31)30-59-45(56)52(8)39-20-23-51(7)42(49(39,5)22-21-40(52)62-43(54)32(2)58-9)37(53)28-35-36-29-48(4,25-24-47(36,3)26-27-50(35,51)6)44(55)63-41(33-16-12-10-13-17-33)34-18-14-11-15-19-34/h10-19,28,32,36,39-42H,20-27,29-30H2,1-9H3/t32-,36-,39+,40-,42+,47+,48-,49-,50+,51+,52-/m0/s1. The van der Waals surface area contributed by atoms with Crippen LogP contribution in [-0.2, 0) is 44.7 Å². The lowest BCUT2D eigenvalue weighted by Gasteiger charge is -2.70. The summed E-state index contributed by atoms with van der Waals surface area (Å²) in [7, 11) is 1.43. The van der Waals surface area contributed by atoms with E-state index in [9.17, 15) is 19.2 Å². The summed E-state index contributed by atoms with van der Waals surface area (Å²) in [5.74, 6) is -2.76. The van der Waals surface area contributed by atoms with Crippen LogP contribution in [0.1, 0.15) is 135 Å². The molecule has 0 aliphatic heterocycles. The number of carbonyl (C=O) groups is 4. The number of hydrogen-bond donors (Lipinski definition) is 0. The fourth-order valence-electron chi connectivity index (χ4n) is 13.4. The van der Waals surface area contributed by atoms with Crippen LogP contribution in [0.25, 0.3) is 0 Å². The lowest BCUT2D eigenvalue weighted by Crippen LogP contribution is -2.68. The molecular weight excluding hydrogens is 801 g/mol. The first-order valence-electron chi connectivity index (χ1n) is 22.8. The van der Waals surface area contributed by atoms with Gasteiger partial charge in [-0.2, -0.15) is 0 Å². The summed E-state index contributed by atoms with van der Waals surface area (Å²) >= 11 is 0. The van der Waals surface area contributed by atoms with Crippen molar-refractivity contribution in [2.45, 2.75) is 138 Å². The van der Waals surface area contributed by atoms with Crippen molar-refractivity contribution in [3.63, 3.8) is 0 Å². The van der Waals surface area contributed by atoms with Gasteiger partial charge in [0.2, 0.25) is 0 Å². The van der Waals surface area contributed by atoms with Gasteiger partial charge in [0.25, 0.3) is 0 Å². The first-order valence-corrected chi connectivity index (χ1v) is 22.8. The molecule has 0 saturated heterocycles. The van der Waals surface area contributed by atoms with Gasteiger partial charge in [-0.3, -0.25) is 14.4 Å². The summed E-state index contributed by atoms with van der Waals surface area (Å²) in [6, 6.07) is 19.8. The molecule has 4 saturated carbocycles. The van der Waals surface area contributed by atoms with Crippen LogP contribution in [-0.4, -0.2) is 43.0 Å². The van der Waals surface area contributed by atoms with E-state index < -0.39 is 69.6 Å². The number of aryl methyl sites for hydroxylation is 1. The number of ether oxygens (including phenoxy) is 4. The zero-order chi connectivity index (χ0) is 45.3. The highest BCUT2D eigenvalue weighted by Crippen LogP contribution is 2.75. The van der Waals surface area contributed by atoms with E-state index in [-0.39, 0.29) is 46.6 Å². The van der Waals surface area contributed by atoms with Crippen LogP contribution in [0.2, 0.25) is 0 Å². The molecular formula is C52H64O11. The second kappa shape index (κ2) is 16.0. The van der Waals surface area contributed by atoms with Crippen molar-refractivity contribution in [1.82, 2.24) is 0 Å². The fourth-order valence-corrected chi connectivity index (χ4v) is 13.4. The summed E-state index contributed by atoms with van der Waals surface area (Å²) < 4.78 is 34.1. The highest BCUT2D eigenvalue weighted by Gasteiger charge is 2.72. The molecule has 0 radical (unpaired) electrons. The molecule has 0 spiro atoms. The summed E-state index contributed by atoms with van der Waals surface area (Å²) in [4.78, 5) is 69.8. The molecule has 5 aliphatic carbocycles. The van der Waals surface area contributed by atoms with Gasteiger partial charge >= 0.3 is 23.7 Å². The van der Waals surface area contributed by atoms with Gasteiger partial charge in [0.05, 0.1) is 5.41 Å². The van der Waals surface area contributed by atoms with Crippen molar-refractivity contribution in [1.29, 1.82) is 0 Å². The zero-order valence-corrected chi connectivity index (χ0v) is 38.4. The van der Waals surface area contributed by atoms with Crippen LogP contribution in [0, 0.1) is 57.2 Å². The molecule has 2 aromatic carbocycles. The number of ketones is 1. The van der Waals surface area contributed by atoms with Crippen molar-refractivity contribution >= 4 is 23.7 Å². The molecule has 0 amide bonds. The number of hydrogen-bond acceptors (Lipinski definition) is 11. The predicted molar refractivity (Wildman–Crippen MR) is 233 cm³/mol. The molecule has 11 heteroatoms. The molecule has 1 heterocycles. The molecule has 0 unspecified atom stereocenters. The van der Waals surface area contributed by atoms with Crippen LogP contribution in [0.5, 0.6) is 0 Å². The van der Waals surface area contributed by atoms with Crippen LogP contribution in [0.4, 0.5) is 0 Å². The number of fused-ring (bicyclic) bond motifs is 7. The normalized spacial score (nSPS) is 36.4. The van der Waals surface area contributed by atoms with E-state index in [4.69, 9.17) is 27.8 Å². The Morgan fingerprint density at radius 3 is 2.03 bits per heavy atom. The fraction of sp³-hybridized carbons (Fsp3) is 0.596. The summed E-state index contributed by atoms with van der Waals surface area (Å²) in [5.41, 5.74) is -0.755. The molecule has 11 atom stereocenters. The second-order valence-corrected chi connectivity index (χ2v) is 21.0. The Labute approximate surface area is 370 Å². The maximum absolute atomic E-state index is 15.3. The number of allylic oxidation sites excluding steroid dienone is 2. The molecule has 11 nitrogen and oxygen atoms in total. The Morgan fingerprint density at radius 2 is 1.43 bits per heavy atom.